The van der Waals surface area contributed by atoms with E-state index in [0.29, 0.717) is 12.4 Å². The number of nitrogens with two attached hydrogens (primary N) is 1. The Balaban J connectivity index is 1.97. The second kappa shape index (κ2) is 7.35. The van der Waals surface area contributed by atoms with Gasteiger partial charge in [0.2, 0.25) is 0 Å². The molecule has 0 heterocycles. The van der Waals surface area contributed by atoms with Crippen LogP contribution in [0.15, 0.2) is 53.6 Å². The molecule has 108 valence electrons. The molecule has 0 saturated carbocycles. The molecule has 4 nitrogen and oxygen atoms in total. The summed E-state index contributed by atoms with van der Waals surface area (Å²) >= 11 is 4.64. The average Bonchev–Trinajstić information content (AvgIpc) is 2.45. The summed E-state index contributed by atoms with van der Waals surface area (Å²) in [4.78, 5) is 0. The van der Waals surface area contributed by atoms with Crippen molar-refractivity contribution in [2.75, 3.05) is 0 Å². The molecule has 0 aromatic heterocycles. The standard InChI is InChI=1S/C15H14FN3OS/c16-13-5-1-4-12(7-13)10-20-14-6-2-3-11(8-14)9-18-19-15(17)21/h1-9H,10H2,(H3,17,19,21). The molecule has 0 bridgehead atoms. The van der Waals surface area contributed by atoms with Crippen molar-refractivity contribution in [3.63, 3.8) is 0 Å². The molecule has 0 aliphatic carbocycles. The maximum Gasteiger partial charge on any atom is 0.184 e. The van der Waals surface area contributed by atoms with Crippen molar-refractivity contribution in [2.24, 2.45) is 10.8 Å². The Morgan fingerprint density at radius 3 is 2.86 bits per heavy atom. The van der Waals surface area contributed by atoms with Gasteiger partial charge in [-0.15, -0.1) is 0 Å². The average molecular weight is 303 g/mol. The van der Waals surface area contributed by atoms with Gasteiger partial charge in [-0.3, -0.25) is 5.43 Å². The Kier molecular flexibility index (Phi) is 5.22. The van der Waals surface area contributed by atoms with E-state index < -0.39 is 0 Å². The van der Waals surface area contributed by atoms with Crippen molar-refractivity contribution in [3.8, 4) is 5.75 Å². The molecule has 0 unspecified atom stereocenters. The number of nitrogens with zero attached hydrogens (tertiary/aromatic N) is 1. The summed E-state index contributed by atoms with van der Waals surface area (Å²) in [5.74, 6) is 0.388. The summed E-state index contributed by atoms with van der Waals surface area (Å²) in [7, 11) is 0. The van der Waals surface area contributed by atoms with Gasteiger partial charge in [-0.2, -0.15) is 5.10 Å². The highest BCUT2D eigenvalue weighted by Crippen LogP contribution is 2.14. The Morgan fingerprint density at radius 2 is 2.10 bits per heavy atom. The summed E-state index contributed by atoms with van der Waals surface area (Å²) in [5.41, 5.74) is 9.33. The van der Waals surface area contributed by atoms with Crippen molar-refractivity contribution in [2.45, 2.75) is 6.61 Å². The molecule has 2 rings (SSSR count). The van der Waals surface area contributed by atoms with Crippen molar-refractivity contribution in [3.05, 3.63) is 65.5 Å². The first-order chi connectivity index (χ1) is 10.1. The van der Waals surface area contributed by atoms with Gasteiger partial charge in [0.05, 0.1) is 6.21 Å². The van der Waals surface area contributed by atoms with Gasteiger partial charge >= 0.3 is 0 Å². The molecule has 21 heavy (non-hydrogen) atoms. The minimum Gasteiger partial charge on any atom is -0.489 e. The van der Waals surface area contributed by atoms with Crippen LogP contribution in [0, 0.1) is 5.82 Å². The topological polar surface area (TPSA) is 59.6 Å². The first kappa shape index (κ1) is 14.9. The van der Waals surface area contributed by atoms with E-state index in [0.717, 1.165) is 11.1 Å². The van der Waals surface area contributed by atoms with Gasteiger partial charge in [-0.25, -0.2) is 4.39 Å². The van der Waals surface area contributed by atoms with E-state index in [1.807, 2.05) is 24.3 Å². The third kappa shape index (κ3) is 5.19. The van der Waals surface area contributed by atoms with E-state index in [1.165, 1.54) is 12.1 Å². The molecule has 0 spiro atoms. The Bertz CT molecular complexity index is 661. The van der Waals surface area contributed by atoms with E-state index in [9.17, 15) is 4.39 Å². The quantitative estimate of drug-likeness (QED) is 0.506. The van der Waals surface area contributed by atoms with E-state index in [1.54, 1.807) is 18.3 Å². The molecule has 0 amide bonds. The minimum atomic E-state index is -0.277. The molecule has 0 fully saturated rings. The first-order valence-electron chi connectivity index (χ1n) is 6.19. The highest BCUT2D eigenvalue weighted by molar-refractivity contribution is 7.80. The van der Waals surface area contributed by atoms with Gasteiger partial charge in [-0.1, -0.05) is 24.3 Å². The van der Waals surface area contributed by atoms with Gasteiger partial charge in [0.15, 0.2) is 5.11 Å². The molecule has 6 heteroatoms. The SMILES string of the molecule is NC(=S)NN=Cc1cccc(OCc2cccc(F)c2)c1. The Labute approximate surface area is 127 Å². The zero-order valence-corrected chi connectivity index (χ0v) is 11.9. The number of benzene rings is 2. The smallest absolute Gasteiger partial charge is 0.184 e. The number of nitrogens with one attached hydrogen (secondary N) is 1. The molecule has 0 aliphatic rings. The van der Waals surface area contributed by atoms with E-state index in [4.69, 9.17) is 10.5 Å². The molecule has 2 aromatic carbocycles. The van der Waals surface area contributed by atoms with Crippen molar-refractivity contribution in [1.82, 2.24) is 5.43 Å². The van der Waals surface area contributed by atoms with Crippen molar-refractivity contribution in [1.29, 1.82) is 0 Å². The maximum atomic E-state index is 13.1. The van der Waals surface area contributed by atoms with Gasteiger partial charge in [0.1, 0.15) is 18.2 Å². The summed E-state index contributed by atoms with van der Waals surface area (Å²) in [6.45, 7) is 0.295. The van der Waals surface area contributed by atoms with Crippen LogP contribution in [0.3, 0.4) is 0 Å². The summed E-state index contributed by atoms with van der Waals surface area (Å²) in [6, 6.07) is 13.6. The van der Waals surface area contributed by atoms with E-state index >= 15 is 0 Å². The molecular formula is C15H14FN3OS. The molecular weight excluding hydrogens is 289 g/mol. The Hall–Kier alpha value is -2.47. The van der Waals surface area contributed by atoms with Crippen LogP contribution in [0.4, 0.5) is 4.39 Å². The van der Waals surface area contributed by atoms with Gasteiger partial charge < -0.3 is 10.5 Å². The number of halogens is 1. The fraction of sp³-hybridized carbons (Fsp3) is 0.0667. The Morgan fingerprint density at radius 1 is 1.29 bits per heavy atom. The lowest BCUT2D eigenvalue weighted by Crippen LogP contribution is -2.23. The van der Waals surface area contributed by atoms with Gasteiger partial charge in [0, 0.05) is 0 Å². The highest BCUT2D eigenvalue weighted by atomic mass is 32.1. The third-order valence-corrected chi connectivity index (χ3v) is 2.63. The fourth-order valence-electron chi connectivity index (χ4n) is 1.65. The zero-order valence-electron chi connectivity index (χ0n) is 11.1. The highest BCUT2D eigenvalue weighted by Gasteiger charge is 1.98. The number of hydrogen-bond acceptors (Lipinski definition) is 3. The predicted octanol–water partition coefficient (Wildman–Crippen LogP) is 2.57. The summed E-state index contributed by atoms with van der Waals surface area (Å²) in [5, 5.41) is 3.97. The second-order valence-corrected chi connectivity index (χ2v) is 4.67. The normalized spacial score (nSPS) is 10.5. The van der Waals surface area contributed by atoms with Crippen LogP contribution in [0.1, 0.15) is 11.1 Å². The minimum absolute atomic E-state index is 0.102. The number of thiocarbonyl (C=S) groups is 1. The van der Waals surface area contributed by atoms with Crippen LogP contribution in [-0.4, -0.2) is 11.3 Å². The second-order valence-electron chi connectivity index (χ2n) is 4.23. The molecule has 2 aromatic rings. The van der Waals surface area contributed by atoms with Gasteiger partial charge in [-0.05, 0) is 47.6 Å². The maximum absolute atomic E-state index is 13.1. The summed E-state index contributed by atoms with van der Waals surface area (Å²) in [6.07, 6.45) is 1.58. The van der Waals surface area contributed by atoms with Crippen LogP contribution in [0.2, 0.25) is 0 Å². The van der Waals surface area contributed by atoms with Crippen molar-refractivity contribution >= 4 is 23.5 Å². The van der Waals surface area contributed by atoms with Crippen LogP contribution < -0.4 is 15.9 Å². The van der Waals surface area contributed by atoms with E-state index in [-0.39, 0.29) is 10.9 Å². The predicted molar refractivity (Wildman–Crippen MR) is 84.7 cm³/mol. The number of hydrazone groups is 1. The molecule has 3 N–H and O–H groups in total. The molecule has 0 saturated heterocycles. The molecule has 0 radical (unpaired) electrons. The molecule has 0 atom stereocenters. The largest absolute Gasteiger partial charge is 0.489 e. The van der Waals surface area contributed by atoms with Crippen LogP contribution in [-0.2, 0) is 6.61 Å². The first-order valence-corrected chi connectivity index (χ1v) is 6.60. The van der Waals surface area contributed by atoms with Crippen molar-refractivity contribution < 1.29 is 9.13 Å². The molecule has 0 aliphatic heterocycles. The van der Waals surface area contributed by atoms with Gasteiger partial charge in [0.25, 0.3) is 0 Å². The van der Waals surface area contributed by atoms with E-state index in [2.05, 4.69) is 22.7 Å². The summed E-state index contributed by atoms with van der Waals surface area (Å²) < 4.78 is 18.7. The number of rotatable bonds is 5. The number of hydrogen-bond donors (Lipinski definition) is 2. The lowest BCUT2D eigenvalue weighted by molar-refractivity contribution is 0.305. The monoisotopic (exact) mass is 303 g/mol. The van der Waals surface area contributed by atoms with Crippen LogP contribution >= 0.6 is 12.2 Å². The van der Waals surface area contributed by atoms with Crippen LogP contribution in [0.5, 0.6) is 5.75 Å². The lowest BCUT2D eigenvalue weighted by atomic mass is 10.2. The number of ether oxygens (including phenoxy) is 1. The fourth-order valence-corrected chi connectivity index (χ4v) is 1.70. The third-order valence-electron chi connectivity index (χ3n) is 2.54. The zero-order chi connectivity index (χ0) is 15.1. The lowest BCUT2D eigenvalue weighted by Gasteiger charge is -2.07. The van der Waals surface area contributed by atoms with Crippen LogP contribution in [0.25, 0.3) is 0 Å².